The van der Waals surface area contributed by atoms with Crippen LogP contribution < -0.4 is 0 Å². The molecule has 76 valence electrons. The van der Waals surface area contributed by atoms with E-state index in [9.17, 15) is 9.59 Å². The van der Waals surface area contributed by atoms with Gasteiger partial charge in [-0.3, -0.25) is 9.59 Å². The normalized spacial score (nSPS) is 13.2. The summed E-state index contributed by atoms with van der Waals surface area (Å²) in [6, 6.07) is 13.9. The zero-order chi connectivity index (χ0) is 11.1. The van der Waals surface area contributed by atoms with Gasteiger partial charge in [-0.25, -0.2) is 0 Å². The van der Waals surface area contributed by atoms with E-state index in [1.165, 1.54) is 0 Å². The summed E-state index contributed by atoms with van der Waals surface area (Å²) >= 11 is 0. The molecular formula is C14H10O2+2. The van der Waals surface area contributed by atoms with Crippen LogP contribution in [0.2, 0.25) is 0 Å². The van der Waals surface area contributed by atoms with Crippen molar-refractivity contribution in [3.8, 4) is 0 Å². The lowest BCUT2D eigenvalue weighted by Gasteiger charge is -2.16. The van der Waals surface area contributed by atoms with E-state index in [2.05, 4.69) is 0 Å². The van der Waals surface area contributed by atoms with Crippen LogP contribution in [0.5, 0.6) is 0 Å². The van der Waals surface area contributed by atoms with Crippen LogP contribution in [-0.4, -0.2) is 11.6 Å². The van der Waals surface area contributed by atoms with Gasteiger partial charge in [-0.2, -0.15) is 0 Å². The van der Waals surface area contributed by atoms with Crippen LogP contribution >= 0.6 is 0 Å². The van der Waals surface area contributed by atoms with Crippen LogP contribution in [0.3, 0.4) is 0 Å². The van der Waals surface area contributed by atoms with Gasteiger partial charge in [0.1, 0.15) is 0 Å². The molecule has 2 heteroatoms. The van der Waals surface area contributed by atoms with Crippen LogP contribution in [0.1, 0.15) is 34.7 Å². The first-order valence-electron chi connectivity index (χ1n) is 5.06. The van der Waals surface area contributed by atoms with Crippen molar-refractivity contribution in [1.82, 2.24) is 0 Å². The molecule has 0 spiro atoms. The van der Waals surface area contributed by atoms with Gasteiger partial charge in [-0.05, 0) is 0 Å². The van der Waals surface area contributed by atoms with Gasteiger partial charge in [0.05, 0.1) is 0 Å². The third-order valence-corrected chi connectivity index (χ3v) is 2.83. The van der Waals surface area contributed by atoms with E-state index in [0.717, 1.165) is 0 Å². The summed E-state index contributed by atoms with van der Waals surface area (Å²) in [6.45, 7) is 0. The zero-order valence-electron chi connectivity index (χ0n) is 10.4. The number of hydrogen-bond donors (Lipinski definition) is 0. The molecule has 2 aromatic rings. The minimum absolute atomic E-state index is 0. The smallest absolute Gasteiger partial charge is 0.289 e. The minimum Gasteiger partial charge on any atom is -0.289 e. The van der Waals surface area contributed by atoms with E-state index in [4.69, 9.17) is 0 Å². The second kappa shape index (κ2) is 3.14. The molecule has 0 fully saturated rings. The first kappa shape index (κ1) is 9.04. The molecule has 0 atom stereocenters. The van der Waals surface area contributed by atoms with E-state index in [1.807, 2.05) is 0 Å². The minimum atomic E-state index is -0.0641. The van der Waals surface area contributed by atoms with Crippen LogP contribution in [0.15, 0.2) is 48.5 Å². The van der Waals surface area contributed by atoms with Crippen molar-refractivity contribution in [2.45, 2.75) is 0 Å². The van der Waals surface area contributed by atoms with E-state index in [-0.39, 0.29) is 14.4 Å². The fourth-order valence-corrected chi connectivity index (χ4v) is 2.05. The molecule has 0 saturated carbocycles. The topological polar surface area (TPSA) is 34.1 Å². The van der Waals surface area contributed by atoms with Crippen molar-refractivity contribution in [2.24, 2.45) is 0 Å². The molecule has 0 N–H and O–H groups in total. The van der Waals surface area contributed by atoms with Crippen molar-refractivity contribution in [3.05, 3.63) is 70.8 Å². The van der Waals surface area contributed by atoms with Gasteiger partial charge in [0, 0.05) is 22.3 Å². The second-order valence-electron chi connectivity index (χ2n) is 3.75. The summed E-state index contributed by atoms with van der Waals surface area (Å²) in [7, 11) is 0. The maximum Gasteiger partial charge on any atom is 1.00 e. The van der Waals surface area contributed by atoms with Crippen LogP contribution in [0.25, 0.3) is 0 Å². The molecule has 0 unspecified atom stereocenters. The Bertz CT molecular complexity index is 515. The lowest BCUT2D eigenvalue weighted by atomic mass is 9.84. The Morgan fingerprint density at radius 3 is 1.06 bits per heavy atom. The quantitative estimate of drug-likeness (QED) is 0.571. The van der Waals surface area contributed by atoms with Gasteiger partial charge in [0.2, 0.25) is 0 Å². The number of carbonyl (C=O) groups is 2. The molecular weight excluding hydrogens is 200 g/mol. The van der Waals surface area contributed by atoms with Gasteiger partial charge in [0.25, 0.3) is 0 Å². The third-order valence-electron chi connectivity index (χ3n) is 2.83. The summed E-state index contributed by atoms with van der Waals surface area (Å²) in [5, 5.41) is 0. The number of ketones is 2. The number of hydrogen-bond acceptors (Lipinski definition) is 2. The summed E-state index contributed by atoms with van der Waals surface area (Å²) in [5.41, 5.74) is 2.02. The summed E-state index contributed by atoms with van der Waals surface area (Å²) in [5.74, 6) is -0.128. The molecule has 0 saturated heterocycles. The summed E-state index contributed by atoms with van der Waals surface area (Å²) in [6.07, 6.45) is 0. The Kier molecular flexibility index (Phi) is 1.77. The second-order valence-corrected chi connectivity index (χ2v) is 3.75. The monoisotopic (exact) mass is 210 g/mol. The van der Waals surface area contributed by atoms with E-state index in [1.54, 1.807) is 48.5 Å². The van der Waals surface area contributed by atoms with E-state index >= 15 is 0 Å². The van der Waals surface area contributed by atoms with E-state index in [0.29, 0.717) is 22.3 Å². The average molecular weight is 210 g/mol. The predicted octanol–water partition coefficient (Wildman–Crippen LogP) is 2.69. The maximum absolute atomic E-state index is 12.1. The highest BCUT2D eigenvalue weighted by atomic mass is 16.1. The molecule has 1 aliphatic rings. The number of rotatable bonds is 0. The zero-order valence-corrected chi connectivity index (χ0v) is 8.44. The standard InChI is InChI=1S/C14H8O2/c15-13-9-5-1-2-6-10(9)14(16)12-8-4-3-7-11(12)13/h1-8H/p+2. The first-order chi connectivity index (χ1) is 7.79. The largest absolute Gasteiger partial charge is 1.00 e. The molecule has 0 aromatic heterocycles. The Balaban J connectivity index is 0.000000810. The van der Waals surface area contributed by atoms with Crippen molar-refractivity contribution in [2.75, 3.05) is 0 Å². The molecule has 2 nitrogen and oxygen atoms in total. The molecule has 0 radical (unpaired) electrons. The van der Waals surface area contributed by atoms with E-state index < -0.39 is 0 Å². The predicted molar refractivity (Wildman–Crippen MR) is 62.0 cm³/mol. The van der Waals surface area contributed by atoms with Gasteiger partial charge < -0.3 is 0 Å². The van der Waals surface area contributed by atoms with Crippen LogP contribution in [0, 0.1) is 0 Å². The number of benzene rings is 2. The molecule has 0 bridgehead atoms. The van der Waals surface area contributed by atoms with Crippen molar-refractivity contribution >= 4 is 11.6 Å². The summed E-state index contributed by atoms with van der Waals surface area (Å²) in [4.78, 5) is 24.2. The molecule has 3 rings (SSSR count). The van der Waals surface area contributed by atoms with Crippen molar-refractivity contribution < 1.29 is 12.4 Å². The lowest BCUT2D eigenvalue weighted by molar-refractivity contribution is 0.0979. The number of fused-ring (bicyclic) bond motifs is 2. The van der Waals surface area contributed by atoms with Gasteiger partial charge in [-0.15, -0.1) is 0 Å². The first-order valence-corrected chi connectivity index (χ1v) is 5.06. The maximum atomic E-state index is 12.1. The SMILES string of the molecule is O=C1c2ccccc2C(=O)c2ccccc21.[H+].[H+]. The molecule has 0 heterocycles. The van der Waals surface area contributed by atoms with Crippen LogP contribution in [-0.2, 0) is 0 Å². The Morgan fingerprint density at radius 2 is 0.812 bits per heavy atom. The Labute approximate surface area is 95.5 Å². The van der Waals surface area contributed by atoms with Gasteiger partial charge >= 0.3 is 2.85 Å². The molecule has 16 heavy (non-hydrogen) atoms. The highest BCUT2D eigenvalue weighted by Gasteiger charge is 2.28. The lowest BCUT2D eigenvalue weighted by Crippen LogP contribution is -2.20. The van der Waals surface area contributed by atoms with Gasteiger partial charge in [0.15, 0.2) is 11.6 Å². The highest BCUT2D eigenvalue weighted by Crippen LogP contribution is 2.26. The molecule has 2 aromatic carbocycles. The Hall–Kier alpha value is -2.22. The highest BCUT2D eigenvalue weighted by molar-refractivity contribution is 6.28. The van der Waals surface area contributed by atoms with Crippen LogP contribution in [0.4, 0.5) is 0 Å². The third kappa shape index (κ3) is 1.07. The molecule has 0 amide bonds. The summed E-state index contributed by atoms with van der Waals surface area (Å²) < 4.78 is 0. The average Bonchev–Trinajstić information content (AvgIpc) is 2.36. The van der Waals surface area contributed by atoms with Gasteiger partial charge in [-0.1, -0.05) is 48.5 Å². The fraction of sp³-hybridized carbons (Fsp3) is 0. The van der Waals surface area contributed by atoms with Crippen molar-refractivity contribution in [1.29, 1.82) is 0 Å². The molecule has 0 aliphatic heterocycles. The number of carbonyl (C=O) groups excluding carboxylic acids is 2. The Morgan fingerprint density at radius 1 is 0.562 bits per heavy atom. The molecule has 1 aliphatic carbocycles. The fourth-order valence-electron chi connectivity index (χ4n) is 2.05. The van der Waals surface area contributed by atoms with Crippen molar-refractivity contribution in [3.63, 3.8) is 0 Å².